The zero-order valence-corrected chi connectivity index (χ0v) is 15.5. The van der Waals surface area contributed by atoms with Gasteiger partial charge in [0.25, 0.3) is 11.7 Å². The number of carbonyl (C=O) groups is 2. The molecule has 0 saturated heterocycles. The van der Waals surface area contributed by atoms with Crippen LogP contribution in [0.5, 0.6) is 0 Å². The van der Waals surface area contributed by atoms with Crippen LogP contribution in [0, 0.1) is 5.82 Å². The molecule has 0 saturated carbocycles. The Hall–Kier alpha value is -3.49. The normalized spacial score (nSPS) is 13.8. The molecule has 0 N–H and O–H groups in total. The minimum Gasteiger partial charge on any atom is -0.302 e. The summed E-state index contributed by atoms with van der Waals surface area (Å²) in [6.45, 7) is 0.242. The molecular weight excluding hydrogens is 402 g/mol. The number of ketones is 1. The SMILES string of the molecule is O=C(C(=O)N1CCCc2c1cnn2-c1ccc(F)cc1)c1cccc(C(F)(F)F)c1. The fourth-order valence-electron chi connectivity index (χ4n) is 3.45. The lowest BCUT2D eigenvalue weighted by Gasteiger charge is -2.26. The van der Waals surface area contributed by atoms with Crippen molar-refractivity contribution in [1.29, 1.82) is 0 Å². The number of benzene rings is 2. The van der Waals surface area contributed by atoms with Crippen LogP contribution in [0.2, 0.25) is 0 Å². The number of aromatic nitrogens is 2. The topological polar surface area (TPSA) is 55.2 Å². The number of fused-ring (bicyclic) bond motifs is 1. The van der Waals surface area contributed by atoms with Gasteiger partial charge in [-0.25, -0.2) is 9.07 Å². The van der Waals surface area contributed by atoms with Gasteiger partial charge in [-0.1, -0.05) is 12.1 Å². The smallest absolute Gasteiger partial charge is 0.302 e. The van der Waals surface area contributed by atoms with E-state index in [4.69, 9.17) is 0 Å². The fraction of sp³-hybridized carbons (Fsp3) is 0.190. The Morgan fingerprint density at radius 2 is 1.77 bits per heavy atom. The highest BCUT2D eigenvalue weighted by atomic mass is 19.4. The molecule has 5 nitrogen and oxygen atoms in total. The van der Waals surface area contributed by atoms with Gasteiger partial charge in [-0.05, 0) is 49.2 Å². The maximum absolute atomic E-state index is 13.2. The zero-order valence-electron chi connectivity index (χ0n) is 15.5. The summed E-state index contributed by atoms with van der Waals surface area (Å²) in [4.78, 5) is 26.7. The average molecular weight is 417 g/mol. The molecule has 0 atom stereocenters. The monoisotopic (exact) mass is 417 g/mol. The Morgan fingerprint density at radius 1 is 1.03 bits per heavy atom. The Balaban J connectivity index is 1.64. The summed E-state index contributed by atoms with van der Waals surface area (Å²) in [6, 6.07) is 9.44. The molecule has 1 amide bonds. The lowest BCUT2D eigenvalue weighted by Crippen LogP contribution is -2.40. The van der Waals surface area contributed by atoms with Crippen molar-refractivity contribution in [2.45, 2.75) is 19.0 Å². The zero-order chi connectivity index (χ0) is 21.5. The van der Waals surface area contributed by atoms with Crippen molar-refractivity contribution < 1.29 is 27.2 Å². The Bertz CT molecular complexity index is 1120. The van der Waals surface area contributed by atoms with Crippen molar-refractivity contribution in [2.75, 3.05) is 11.4 Å². The van der Waals surface area contributed by atoms with Crippen molar-refractivity contribution in [3.8, 4) is 5.69 Å². The highest BCUT2D eigenvalue weighted by Crippen LogP contribution is 2.31. The molecule has 0 spiro atoms. The van der Waals surface area contributed by atoms with Crippen LogP contribution >= 0.6 is 0 Å². The summed E-state index contributed by atoms with van der Waals surface area (Å²) < 4.78 is 53.6. The van der Waals surface area contributed by atoms with E-state index >= 15 is 0 Å². The first-order valence-electron chi connectivity index (χ1n) is 9.12. The molecule has 154 valence electrons. The van der Waals surface area contributed by atoms with Crippen molar-refractivity contribution in [2.24, 2.45) is 0 Å². The second-order valence-corrected chi connectivity index (χ2v) is 6.83. The summed E-state index contributed by atoms with van der Waals surface area (Å²) in [5.41, 5.74) is 0.350. The van der Waals surface area contributed by atoms with Gasteiger partial charge in [0, 0.05) is 12.1 Å². The second kappa shape index (κ2) is 7.40. The average Bonchev–Trinajstić information content (AvgIpc) is 3.17. The van der Waals surface area contributed by atoms with Crippen molar-refractivity contribution >= 4 is 17.4 Å². The molecule has 0 bridgehead atoms. The van der Waals surface area contributed by atoms with Gasteiger partial charge in [-0.2, -0.15) is 18.3 Å². The van der Waals surface area contributed by atoms with Crippen molar-refractivity contribution in [3.63, 3.8) is 0 Å². The van der Waals surface area contributed by atoms with Gasteiger partial charge in [0.05, 0.1) is 28.8 Å². The number of anilines is 1. The predicted molar refractivity (Wildman–Crippen MR) is 100.0 cm³/mol. The maximum atomic E-state index is 13.2. The van der Waals surface area contributed by atoms with Crippen LogP contribution < -0.4 is 4.90 Å². The molecule has 2 heterocycles. The molecule has 4 rings (SSSR count). The van der Waals surface area contributed by atoms with Crippen molar-refractivity contribution in [3.05, 3.63) is 77.4 Å². The highest BCUT2D eigenvalue weighted by Gasteiger charge is 2.34. The van der Waals surface area contributed by atoms with E-state index in [1.165, 1.54) is 41.4 Å². The summed E-state index contributed by atoms with van der Waals surface area (Å²) in [6.07, 6.45) is -2.07. The molecule has 3 aromatic rings. The quantitative estimate of drug-likeness (QED) is 0.365. The molecule has 9 heteroatoms. The number of amides is 1. The van der Waals surface area contributed by atoms with Gasteiger partial charge < -0.3 is 4.90 Å². The molecule has 1 aromatic heterocycles. The maximum Gasteiger partial charge on any atom is 0.416 e. The molecule has 1 aliphatic heterocycles. The van der Waals surface area contributed by atoms with Gasteiger partial charge in [0.15, 0.2) is 0 Å². The van der Waals surface area contributed by atoms with E-state index in [1.807, 2.05) is 0 Å². The number of rotatable bonds is 3. The van der Waals surface area contributed by atoms with Gasteiger partial charge in [-0.3, -0.25) is 9.59 Å². The summed E-state index contributed by atoms with van der Waals surface area (Å²) >= 11 is 0. The first kappa shape index (κ1) is 19.8. The molecule has 2 aromatic carbocycles. The number of hydrogen-bond acceptors (Lipinski definition) is 3. The highest BCUT2D eigenvalue weighted by molar-refractivity contribution is 6.47. The lowest BCUT2D eigenvalue weighted by molar-refractivity contribution is -0.137. The number of halogens is 4. The third-order valence-electron chi connectivity index (χ3n) is 4.90. The molecule has 0 unspecified atom stereocenters. The first-order chi connectivity index (χ1) is 14.3. The number of hydrogen-bond donors (Lipinski definition) is 0. The van der Waals surface area contributed by atoms with E-state index in [9.17, 15) is 27.2 Å². The number of Topliss-reactive ketones (excluding diaryl/α,β-unsaturated/α-hetero) is 1. The van der Waals surface area contributed by atoms with Crippen LogP contribution in [0.4, 0.5) is 23.2 Å². The first-order valence-corrected chi connectivity index (χ1v) is 9.12. The Morgan fingerprint density at radius 3 is 2.47 bits per heavy atom. The summed E-state index contributed by atoms with van der Waals surface area (Å²) in [5.74, 6) is -2.35. The molecular formula is C21H15F4N3O2. The van der Waals surface area contributed by atoms with E-state index in [0.717, 1.165) is 12.1 Å². The Labute approximate surface area is 168 Å². The van der Waals surface area contributed by atoms with E-state index < -0.39 is 29.2 Å². The van der Waals surface area contributed by atoms with E-state index in [-0.39, 0.29) is 12.1 Å². The van der Waals surface area contributed by atoms with Crippen LogP contribution in [0.1, 0.15) is 28.0 Å². The number of alkyl halides is 3. The van der Waals surface area contributed by atoms with Gasteiger partial charge in [-0.15, -0.1) is 0 Å². The molecule has 0 aliphatic carbocycles. The minimum atomic E-state index is -4.62. The van der Waals surface area contributed by atoms with Crippen LogP contribution in [-0.2, 0) is 17.4 Å². The van der Waals surface area contributed by atoms with Crippen LogP contribution in [0.3, 0.4) is 0 Å². The standard InChI is InChI=1S/C21H15F4N3O2/c22-15-6-8-16(9-7-15)28-17-5-2-10-27(18(17)12-26-28)20(30)19(29)13-3-1-4-14(11-13)21(23,24)25/h1,3-4,6-9,11-12H,2,5,10H2. The van der Waals surface area contributed by atoms with Crippen LogP contribution in [-0.4, -0.2) is 28.0 Å². The number of carbonyl (C=O) groups excluding carboxylic acids is 2. The van der Waals surface area contributed by atoms with Crippen molar-refractivity contribution in [1.82, 2.24) is 9.78 Å². The summed E-state index contributed by atoms with van der Waals surface area (Å²) in [5, 5.41) is 4.25. The number of nitrogens with zero attached hydrogens (tertiary/aromatic N) is 3. The Kier molecular flexibility index (Phi) is 4.89. The van der Waals surface area contributed by atoms with Gasteiger partial charge >= 0.3 is 6.18 Å². The third-order valence-corrected chi connectivity index (χ3v) is 4.90. The second-order valence-electron chi connectivity index (χ2n) is 6.83. The third kappa shape index (κ3) is 3.58. The van der Waals surface area contributed by atoms with E-state index in [1.54, 1.807) is 4.68 Å². The predicted octanol–water partition coefficient (Wildman–Crippen LogP) is 4.19. The van der Waals surface area contributed by atoms with Gasteiger partial charge in [0.2, 0.25) is 0 Å². The largest absolute Gasteiger partial charge is 0.416 e. The lowest BCUT2D eigenvalue weighted by atomic mass is 10.0. The van der Waals surface area contributed by atoms with Gasteiger partial charge in [0.1, 0.15) is 5.82 Å². The minimum absolute atomic E-state index is 0.242. The van der Waals surface area contributed by atoms with Crippen LogP contribution in [0.15, 0.2) is 54.7 Å². The van der Waals surface area contributed by atoms with E-state index in [2.05, 4.69) is 5.10 Å². The van der Waals surface area contributed by atoms with Crippen LogP contribution in [0.25, 0.3) is 5.69 Å². The molecule has 0 radical (unpaired) electrons. The summed E-state index contributed by atoms with van der Waals surface area (Å²) in [7, 11) is 0. The van der Waals surface area contributed by atoms with E-state index in [0.29, 0.717) is 36.0 Å². The fourth-order valence-corrected chi connectivity index (χ4v) is 3.45. The molecule has 0 fully saturated rings. The molecule has 1 aliphatic rings. The molecule has 30 heavy (non-hydrogen) atoms.